The van der Waals surface area contributed by atoms with Crippen molar-refractivity contribution in [2.24, 2.45) is 0 Å². The molecule has 0 bridgehead atoms. The van der Waals surface area contributed by atoms with Crippen LogP contribution in [0.15, 0.2) is 72.8 Å². The molecule has 1 aliphatic rings. The minimum Gasteiger partial charge on any atom is -0.481 e. The number of nitrogens with one attached hydrogen (secondary N) is 3. The van der Waals surface area contributed by atoms with E-state index in [9.17, 15) is 14.4 Å². The molecule has 0 saturated heterocycles. The highest BCUT2D eigenvalue weighted by atomic mass is 16.4. The summed E-state index contributed by atoms with van der Waals surface area (Å²) in [4.78, 5) is 36.5. The lowest BCUT2D eigenvalue weighted by atomic mass is 9.83. The largest absolute Gasteiger partial charge is 0.481 e. The van der Waals surface area contributed by atoms with Crippen LogP contribution in [-0.4, -0.2) is 29.6 Å². The number of hydrogen-bond donors (Lipinski definition) is 4. The lowest BCUT2D eigenvalue weighted by molar-refractivity contribution is -0.136. The fraction of sp³-hybridized carbons (Fsp3) is 0.382. The van der Waals surface area contributed by atoms with E-state index in [1.807, 2.05) is 30.3 Å². The van der Waals surface area contributed by atoms with E-state index in [4.69, 9.17) is 5.11 Å². The molecule has 1 fully saturated rings. The van der Waals surface area contributed by atoms with Crippen molar-refractivity contribution < 1.29 is 19.5 Å². The average molecular weight is 556 g/mol. The molecule has 0 radical (unpaired) electrons. The molecule has 7 nitrogen and oxygen atoms in total. The van der Waals surface area contributed by atoms with Gasteiger partial charge >= 0.3 is 12.0 Å². The van der Waals surface area contributed by atoms with Gasteiger partial charge in [-0.15, -0.1) is 0 Å². The van der Waals surface area contributed by atoms with Crippen LogP contribution in [0, 0.1) is 0 Å². The maximum Gasteiger partial charge on any atom is 0.319 e. The average Bonchev–Trinajstić information content (AvgIpc) is 2.96. The summed E-state index contributed by atoms with van der Waals surface area (Å²) in [7, 11) is 0. The number of anilines is 1. The van der Waals surface area contributed by atoms with Crippen LogP contribution in [0.3, 0.4) is 0 Å². The number of benzene rings is 3. The summed E-state index contributed by atoms with van der Waals surface area (Å²) in [5, 5.41) is 17.6. The maximum atomic E-state index is 13.3. The quantitative estimate of drug-likeness (QED) is 0.225. The molecular weight excluding hydrogens is 514 g/mol. The molecule has 7 heteroatoms. The van der Waals surface area contributed by atoms with Crippen LogP contribution in [0.5, 0.6) is 0 Å². The first-order chi connectivity index (χ1) is 19.6. The van der Waals surface area contributed by atoms with Crippen LogP contribution in [0.25, 0.3) is 0 Å². The summed E-state index contributed by atoms with van der Waals surface area (Å²) in [6, 6.07) is 22.7. The Morgan fingerprint density at radius 2 is 1.51 bits per heavy atom. The normalized spacial score (nSPS) is 14.6. The Morgan fingerprint density at radius 3 is 2.12 bits per heavy atom. The van der Waals surface area contributed by atoms with Crippen molar-refractivity contribution in [3.8, 4) is 0 Å². The Hall–Kier alpha value is -4.13. The first-order valence-corrected chi connectivity index (χ1v) is 14.5. The number of carbonyl (C=O) groups is 3. The van der Waals surface area contributed by atoms with E-state index in [0.717, 1.165) is 22.4 Å². The number of carboxylic acids is 1. The minimum absolute atomic E-state index is 0.0432. The standard InChI is InChI=1S/C34H41N3O4/c1-34(2,3)28-10-7-11-29(22-28)36-33(41)37-31(25-14-12-24(13-15-25)23-8-5-4-6-9-23)26-16-18-27(19-17-26)32(40)35-21-20-30(38)39/h7,10-19,22-23,31H,4-6,8-9,20-21H2,1-3H3,(H,35,40)(H,38,39)(H2,36,37,41). The van der Waals surface area contributed by atoms with Crippen molar-refractivity contribution >= 4 is 23.6 Å². The van der Waals surface area contributed by atoms with Crippen LogP contribution >= 0.6 is 0 Å². The second-order valence-electron chi connectivity index (χ2n) is 11.9. The van der Waals surface area contributed by atoms with Gasteiger partial charge in [-0.3, -0.25) is 9.59 Å². The summed E-state index contributed by atoms with van der Waals surface area (Å²) >= 11 is 0. The van der Waals surface area contributed by atoms with Gasteiger partial charge in [0.05, 0.1) is 12.5 Å². The Kier molecular flexibility index (Phi) is 9.82. The third kappa shape index (κ3) is 8.43. The molecule has 41 heavy (non-hydrogen) atoms. The third-order valence-electron chi connectivity index (χ3n) is 7.74. The predicted molar refractivity (Wildman–Crippen MR) is 162 cm³/mol. The van der Waals surface area contributed by atoms with E-state index in [1.165, 1.54) is 37.7 Å². The number of aliphatic carboxylic acids is 1. The molecule has 1 atom stereocenters. The molecule has 3 aromatic rings. The van der Waals surface area contributed by atoms with Crippen molar-refractivity contribution in [1.82, 2.24) is 10.6 Å². The number of urea groups is 1. The fourth-order valence-electron chi connectivity index (χ4n) is 5.33. The molecule has 1 unspecified atom stereocenters. The van der Waals surface area contributed by atoms with Gasteiger partial charge in [-0.1, -0.05) is 88.6 Å². The molecular formula is C34H41N3O4. The van der Waals surface area contributed by atoms with Gasteiger partial charge in [0.1, 0.15) is 0 Å². The van der Waals surface area contributed by atoms with E-state index < -0.39 is 12.0 Å². The van der Waals surface area contributed by atoms with Gasteiger partial charge in [0.25, 0.3) is 5.91 Å². The molecule has 3 amide bonds. The van der Waals surface area contributed by atoms with Crippen molar-refractivity contribution in [3.63, 3.8) is 0 Å². The summed E-state index contributed by atoms with van der Waals surface area (Å²) in [6.45, 7) is 6.46. The Morgan fingerprint density at radius 1 is 0.878 bits per heavy atom. The Labute approximate surface area is 242 Å². The van der Waals surface area contributed by atoms with Crippen LogP contribution < -0.4 is 16.0 Å². The van der Waals surface area contributed by atoms with Gasteiger partial charge in [-0.05, 0) is 70.7 Å². The lowest BCUT2D eigenvalue weighted by Crippen LogP contribution is -2.33. The van der Waals surface area contributed by atoms with E-state index >= 15 is 0 Å². The molecule has 216 valence electrons. The smallest absolute Gasteiger partial charge is 0.319 e. The molecule has 1 aliphatic carbocycles. The lowest BCUT2D eigenvalue weighted by Gasteiger charge is -2.24. The number of carbonyl (C=O) groups excluding carboxylic acids is 2. The minimum atomic E-state index is -0.965. The number of rotatable bonds is 9. The summed E-state index contributed by atoms with van der Waals surface area (Å²) < 4.78 is 0. The van der Waals surface area contributed by atoms with Gasteiger partial charge in [0.15, 0.2) is 0 Å². The van der Waals surface area contributed by atoms with Gasteiger partial charge < -0.3 is 21.1 Å². The molecule has 0 aliphatic heterocycles. The summed E-state index contributed by atoms with van der Waals surface area (Å²) in [5.41, 5.74) is 5.34. The van der Waals surface area contributed by atoms with E-state index in [0.29, 0.717) is 11.5 Å². The van der Waals surface area contributed by atoms with Crippen LogP contribution in [0.1, 0.15) is 104 Å². The Balaban J connectivity index is 1.54. The van der Waals surface area contributed by atoms with E-state index in [2.05, 4.69) is 67.1 Å². The van der Waals surface area contributed by atoms with Gasteiger partial charge in [0.2, 0.25) is 0 Å². The number of amides is 3. The highest BCUT2D eigenvalue weighted by molar-refractivity contribution is 5.94. The second-order valence-corrected chi connectivity index (χ2v) is 11.9. The van der Waals surface area contributed by atoms with Crippen molar-refractivity contribution in [2.45, 2.75) is 76.7 Å². The molecule has 1 saturated carbocycles. The summed E-state index contributed by atoms with van der Waals surface area (Å²) in [6.07, 6.45) is 6.13. The van der Waals surface area contributed by atoms with Crippen molar-refractivity contribution in [3.05, 3.63) is 101 Å². The number of hydrogen-bond acceptors (Lipinski definition) is 3. The van der Waals surface area contributed by atoms with E-state index in [1.54, 1.807) is 12.1 Å². The van der Waals surface area contributed by atoms with Crippen LogP contribution in [-0.2, 0) is 10.2 Å². The van der Waals surface area contributed by atoms with Crippen LogP contribution in [0.4, 0.5) is 10.5 Å². The molecule has 4 rings (SSSR count). The zero-order valence-electron chi connectivity index (χ0n) is 24.2. The molecule has 4 N–H and O–H groups in total. The maximum absolute atomic E-state index is 13.3. The van der Waals surface area contributed by atoms with Gasteiger partial charge in [-0.2, -0.15) is 0 Å². The zero-order chi connectivity index (χ0) is 29.4. The van der Waals surface area contributed by atoms with Crippen molar-refractivity contribution in [2.75, 3.05) is 11.9 Å². The molecule has 0 aromatic heterocycles. The molecule has 0 heterocycles. The van der Waals surface area contributed by atoms with E-state index in [-0.39, 0.29) is 30.3 Å². The SMILES string of the molecule is CC(C)(C)c1cccc(NC(=O)NC(c2ccc(C(=O)NCCC(=O)O)cc2)c2ccc(C3CCCCC3)cc2)c1. The summed E-state index contributed by atoms with van der Waals surface area (Å²) in [5.74, 6) is -0.718. The van der Waals surface area contributed by atoms with Crippen LogP contribution in [0.2, 0.25) is 0 Å². The first kappa shape index (κ1) is 29.8. The second kappa shape index (κ2) is 13.5. The molecule has 3 aromatic carbocycles. The Bertz CT molecular complexity index is 1340. The monoisotopic (exact) mass is 555 g/mol. The highest BCUT2D eigenvalue weighted by Gasteiger charge is 2.21. The highest BCUT2D eigenvalue weighted by Crippen LogP contribution is 2.34. The molecule has 0 spiro atoms. The van der Waals surface area contributed by atoms with Gasteiger partial charge in [0, 0.05) is 17.8 Å². The third-order valence-corrected chi connectivity index (χ3v) is 7.74. The zero-order valence-corrected chi connectivity index (χ0v) is 24.2. The fourth-order valence-corrected chi connectivity index (χ4v) is 5.33. The van der Waals surface area contributed by atoms with Gasteiger partial charge in [-0.25, -0.2) is 4.79 Å². The number of carboxylic acid groups (broad SMARTS) is 1. The predicted octanol–water partition coefficient (Wildman–Crippen LogP) is 7.15. The topological polar surface area (TPSA) is 108 Å². The van der Waals surface area contributed by atoms with Crippen molar-refractivity contribution in [1.29, 1.82) is 0 Å². The first-order valence-electron chi connectivity index (χ1n) is 14.5.